The van der Waals surface area contributed by atoms with Crippen LogP contribution in [0.3, 0.4) is 0 Å². The van der Waals surface area contributed by atoms with E-state index >= 15 is 0 Å². The molecule has 1 heterocycles. The lowest BCUT2D eigenvalue weighted by molar-refractivity contribution is 0.0973. The summed E-state index contributed by atoms with van der Waals surface area (Å²) in [6.45, 7) is 6.54. The maximum absolute atomic E-state index is 5.76. The van der Waals surface area contributed by atoms with E-state index in [0.717, 1.165) is 36.5 Å². The molecule has 30 heavy (non-hydrogen) atoms. The van der Waals surface area contributed by atoms with Crippen LogP contribution in [0.4, 0.5) is 0 Å². The highest BCUT2D eigenvalue weighted by Crippen LogP contribution is 2.21. The summed E-state index contributed by atoms with van der Waals surface area (Å²) >= 11 is 0. The number of nitrogens with zero attached hydrogens (tertiary/aromatic N) is 1. The molecular formula is C27H41NO2. The smallest absolute Gasteiger partial charge is 0.119 e. The van der Waals surface area contributed by atoms with Gasteiger partial charge in [0.15, 0.2) is 0 Å². The van der Waals surface area contributed by atoms with E-state index in [4.69, 9.17) is 9.47 Å². The van der Waals surface area contributed by atoms with Crippen molar-refractivity contribution in [1.29, 1.82) is 0 Å². The molecule has 1 aromatic carbocycles. The molecule has 0 saturated carbocycles. The maximum Gasteiger partial charge on any atom is 0.119 e. The normalized spacial score (nSPS) is 11.0. The van der Waals surface area contributed by atoms with Crippen LogP contribution in [0.15, 0.2) is 42.6 Å². The van der Waals surface area contributed by atoms with E-state index in [1.165, 1.54) is 63.4 Å². The Bertz CT molecular complexity index is 592. The van der Waals surface area contributed by atoms with Gasteiger partial charge in [0.25, 0.3) is 0 Å². The van der Waals surface area contributed by atoms with Gasteiger partial charge in [-0.15, -0.1) is 0 Å². The van der Waals surface area contributed by atoms with Gasteiger partial charge in [0.1, 0.15) is 12.4 Å². The summed E-state index contributed by atoms with van der Waals surface area (Å²) in [5, 5.41) is 0. The molecule has 0 bridgehead atoms. The molecule has 3 heteroatoms. The summed E-state index contributed by atoms with van der Waals surface area (Å²) in [6.07, 6.45) is 16.2. The molecule has 1 aromatic heterocycles. The van der Waals surface area contributed by atoms with E-state index in [0.29, 0.717) is 13.2 Å². The number of aryl methyl sites for hydroxylation is 1. The number of ether oxygens (including phenoxy) is 2. The molecule has 0 aliphatic rings. The third-order valence-electron chi connectivity index (χ3n) is 5.43. The van der Waals surface area contributed by atoms with Crippen LogP contribution in [-0.4, -0.2) is 24.8 Å². The second kappa shape index (κ2) is 15.9. The zero-order chi connectivity index (χ0) is 21.3. The van der Waals surface area contributed by atoms with Crippen LogP contribution in [0.5, 0.6) is 5.75 Å². The van der Waals surface area contributed by atoms with E-state index in [1.54, 1.807) is 0 Å². The Kier molecular flexibility index (Phi) is 12.9. The van der Waals surface area contributed by atoms with Gasteiger partial charge in [-0.3, -0.25) is 4.98 Å². The van der Waals surface area contributed by atoms with Crippen molar-refractivity contribution in [1.82, 2.24) is 4.98 Å². The fraction of sp³-hybridized carbons (Fsp3) is 0.593. The molecule has 3 nitrogen and oxygen atoms in total. The van der Waals surface area contributed by atoms with Crippen LogP contribution in [0.1, 0.15) is 83.6 Å². The molecule has 0 amide bonds. The van der Waals surface area contributed by atoms with Gasteiger partial charge in [-0.1, -0.05) is 71.3 Å². The van der Waals surface area contributed by atoms with Crippen LogP contribution in [-0.2, 0) is 11.2 Å². The summed E-state index contributed by atoms with van der Waals surface area (Å²) in [5.41, 5.74) is 3.48. The largest absolute Gasteiger partial charge is 0.491 e. The Morgan fingerprint density at radius 2 is 1.37 bits per heavy atom. The molecule has 2 aromatic rings. The van der Waals surface area contributed by atoms with E-state index in [-0.39, 0.29) is 0 Å². The summed E-state index contributed by atoms with van der Waals surface area (Å²) < 4.78 is 11.3. The van der Waals surface area contributed by atoms with Gasteiger partial charge in [0, 0.05) is 18.4 Å². The number of benzene rings is 1. The second-order valence-corrected chi connectivity index (χ2v) is 8.12. The molecule has 0 saturated heterocycles. The van der Waals surface area contributed by atoms with Gasteiger partial charge < -0.3 is 9.47 Å². The topological polar surface area (TPSA) is 31.4 Å². The predicted molar refractivity (Wildman–Crippen MR) is 127 cm³/mol. The predicted octanol–water partition coefficient (Wildman–Crippen LogP) is 7.63. The van der Waals surface area contributed by atoms with Gasteiger partial charge in [-0.25, -0.2) is 0 Å². The van der Waals surface area contributed by atoms with Crippen LogP contribution in [0.2, 0.25) is 0 Å². The Labute approximate surface area is 184 Å². The number of aromatic nitrogens is 1. The Balaban J connectivity index is 1.65. The molecular weight excluding hydrogens is 370 g/mol. The number of hydrogen-bond acceptors (Lipinski definition) is 3. The lowest BCUT2D eigenvalue weighted by atomic mass is 10.0. The second-order valence-electron chi connectivity index (χ2n) is 8.12. The molecule has 0 fully saturated rings. The average molecular weight is 412 g/mol. The molecule has 0 aliphatic carbocycles. The molecule has 0 spiro atoms. The third-order valence-corrected chi connectivity index (χ3v) is 5.43. The van der Waals surface area contributed by atoms with Crippen molar-refractivity contribution in [3.8, 4) is 17.0 Å². The quantitative estimate of drug-likeness (QED) is 0.251. The first kappa shape index (κ1) is 24.4. The highest BCUT2D eigenvalue weighted by molar-refractivity contribution is 5.60. The number of rotatable bonds is 17. The highest BCUT2D eigenvalue weighted by atomic mass is 16.5. The highest BCUT2D eigenvalue weighted by Gasteiger charge is 2.02. The number of hydrogen-bond donors (Lipinski definition) is 0. The van der Waals surface area contributed by atoms with E-state index in [9.17, 15) is 0 Å². The lowest BCUT2D eigenvalue weighted by Gasteiger charge is -2.08. The van der Waals surface area contributed by atoms with Crippen molar-refractivity contribution in [2.24, 2.45) is 0 Å². The number of pyridine rings is 1. The lowest BCUT2D eigenvalue weighted by Crippen LogP contribution is -2.07. The molecule has 2 rings (SSSR count). The average Bonchev–Trinajstić information content (AvgIpc) is 2.79. The molecule has 0 aliphatic heterocycles. The van der Waals surface area contributed by atoms with Crippen LogP contribution in [0.25, 0.3) is 11.3 Å². The van der Waals surface area contributed by atoms with Crippen molar-refractivity contribution >= 4 is 0 Å². The monoisotopic (exact) mass is 411 g/mol. The van der Waals surface area contributed by atoms with Crippen LogP contribution in [0, 0.1) is 0 Å². The van der Waals surface area contributed by atoms with Crippen molar-refractivity contribution < 1.29 is 9.47 Å². The SMILES string of the molecule is CCCCCCCCCc1ccc(-c2ccc(OCCOCCCCC)cc2)nc1. The first-order chi connectivity index (χ1) is 14.8. The molecule has 0 radical (unpaired) electrons. The van der Waals surface area contributed by atoms with Crippen LogP contribution < -0.4 is 4.74 Å². The minimum Gasteiger partial charge on any atom is -0.491 e. The van der Waals surface area contributed by atoms with E-state index in [2.05, 4.69) is 43.1 Å². The summed E-state index contributed by atoms with van der Waals surface area (Å²) in [7, 11) is 0. The Hall–Kier alpha value is -1.87. The first-order valence-corrected chi connectivity index (χ1v) is 12.1. The van der Waals surface area contributed by atoms with Gasteiger partial charge in [0.05, 0.1) is 12.3 Å². The van der Waals surface area contributed by atoms with Gasteiger partial charge in [-0.05, 0) is 55.2 Å². The Morgan fingerprint density at radius 3 is 2.07 bits per heavy atom. The third kappa shape index (κ3) is 10.2. The van der Waals surface area contributed by atoms with Gasteiger partial charge >= 0.3 is 0 Å². The first-order valence-electron chi connectivity index (χ1n) is 12.1. The molecule has 0 N–H and O–H groups in total. The summed E-state index contributed by atoms with van der Waals surface area (Å²) in [5.74, 6) is 0.881. The van der Waals surface area contributed by atoms with E-state index < -0.39 is 0 Å². The van der Waals surface area contributed by atoms with Gasteiger partial charge in [0.2, 0.25) is 0 Å². The van der Waals surface area contributed by atoms with Crippen molar-refractivity contribution in [2.45, 2.75) is 84.5 Å². The van der Waals surface area contributed by atoms with Crippen molar-refractivity contribution in [2.75, 3.05) is 19.8 Å². The minimum atomic E-state index is 0.594. The summed E-state index contributed by atoms with van der Waals surface area (Å²) in [4.78, 5) is 4.67. The number of unbranched alkanes of at least 4 members (excludes halogenated alkanes) is 8. The zero-order valence-corrected chi connectivity index (χ0v) is 19.2. The molecule has 0 atom stereocenters. The fourth-order valence-electron chi connectivity index (χ4n) is 3.53. The summed E-state index contributed by atoms with van der Waals surface area (Å²) in [6, 6.07) is 12.5. The van der Waals surface area contributed by atoms with Crippen molar-refractivity contribution in [3.05, 3.63) is 48.2 Å². The Morgan fingerprint density at radius 1 is 0.667 bits per heavy atom. The standard InChI is InChI=1S/C27H41NO2/c1-3-5-7-8-9-10-11-13-24-14-19-27(28-23-24)25-15-17-26(18-16-25)30-22-21-29-20-12-6-4-2/h14-19,23H,3-13,20-22H2,1-2H3. The minimum absolute atomic E-state index is 0.594. The van der Waals surface area contributed by atoms with Gasteiger partial charge in [-0.2, -0.15) is 0 Å². The van der Waals surface area contributed by atoms with Crippen molar-refractivity contribution in [3.63, 3.8) is 0 Å². The van der Waals surface area contributed by atoms with E-state index in [1.807, 2.05) is 18.3 Å². The molecule has 0 unspecified atom stereocenters. The van der Waals surface area contributed by atoms with Crippen LogP contribution >= 0.6 is 0 Å². The maximum atomic E-state index is 5.76. The fourth-order valence-corrected chi connectivity index (χ4v) is 3.53. The zero-order valence-electron chi connectivity index (χ0n) is 19.2. The molecule has 166 valence electrons.